The lowest BCUT2D eigenvalue weighted by Crippen LogP contribution is -1.97. The Morgan fingerprint density at radius 1 is 0.297 bits per heavy atom. The highest BCUT2D eigenvalue weighted by molar-refractivity contribution is 6.37. The highest BCUT2D eigenvalue weighted by atomic mass is 14.9. The van der Waals surface area contributed by atoms with Crippen molar-refractivity contribution in [2.45, 2.75) is 0 Å². The normalized spacial score (nSPS) is 11.7. The second-order valence-electron chi connectivity index (χ2n) is 16.8. The number of hydrogen-bond donors (Lipinski definition) is 0. The third kappa shape index (κ3) is 5.60. The molecule has 3 nitrogen and oxygen atoms in total. The molecule has 0 aliphatic carbocycles. The SMILES string of the molecule is N#Cc1ccc(-c2ccc(-c3cc(-c4ccc(-c5cc6ccc7cccc8c9cccc%10ccc%11cccc(c(c5)c6c78)c%11c%109)c5ccccc45)nc(-c4ccccc4)n3)cc2)cc1. The molecule has 0 aliphatic rings. The average molecular weight is 810 g/mol. The highest BCUT2D eigenvalue weighted by Crippen LogP contribution is 2.46. The predicted molar refractivity (Wildman–Crippen MR) is 268 cm³/mol. The Hall–Kier alpha value is -8.71. The molecule has 64 heavy (non-hydrogen) atoms. The van der Waals surface area contributed by atoms with E-state index in [4.69, 9.17) is 9.97 Å². The second-order valence-corrected chi connectivity index (χ2v) is 16.8. The summed E-state index contributed by atoms with van der Waals surface area (Å²) in [5.74, 6) is 0.676. The van der Waals surface area contributed by atoms with Crippen molar-refractivity contribution in [2.75, 3.05) is 0 Å². The van der Waals surface area contributed by atoms with Gasteiger partial charge in [-0.25, -0.2) is 9.97 Å². The number of fused-ring (bicyclic) bond motifs is 3. The summed E-state index contributed by atoms with van der Waals surface area (Å²) in [5.41, 5.74) is 9.86. The summed E-state index contributed by atoms with van der Waals surface area (Å²) >= 11 is 0. The lowest BCUT2D eigenvalue weighted by atomic mass is 9.86. The van der Waals surface area contributed by atoms with Gasteiger partial charge in [0.2, 0.25) is 0 Å². The zero-order valence-corrected chi connectivity index (χ0v) is 34.5. The van der Waals surface area contributed by atoms with E-state index in [1.165, 1.54) is 75.8 Å². The summed E-state index contributed by atoms with van der Waals surface area (Å²) in [5, 5.41) is 26.9. The molecule has 1 heterocycles. The summed E-state index contributed by atoms with van der Waals surface area (Å²) in [6, 6.07) is 78.3. The minimum atomic E-state index is 0.648. The maximum Gasteiger partial charge on any atom is 0.160 e. The van der Waals surface area contributed by atoms with E-state index in [-0.39, 0.29) is 0 Å². The Labute approximate surface area is 369 Å². The lowest BCUT2D eigenvalue weighted by molar-refractivity contribution is 1.18. The van der Waals surface area contributed by atoms with E-state index < -0.39 is 0 Å². The van der Waals surface area contributed by atoms with Gasteiger partial charge in [-0.2, -0.15) is 5.26 Å². The molecule has 0 unspecified atom stereocenters. The van der Waals surface area contributed by atoms with E-state index in [9.17, 15) is 5.26 Å². The van der Waals surface area contributed by atoms with Crippen LogP contribution in [-0.2, 0) is 0 Å². The minimum absolute atomic E-state index is 0.648. The zero-order valence-electron chi connectivity index (χ0n) is 34.5. The molecule has 294 valence electrons. The first-order valence-corrected chi connectivity index (χ1v) is 21.7. The summed E-state index contributed by atoms with van der Waals surface area (Å²) in [4.78, 5) is 10.4. The Kier molecular flexibility index (Phi) is 7.97. The van der Waals surface area contributed by atoms with Crippen molar-refractivity contribution in [1.82, 2.24) is 9.97 Å². The van der Waals surface area contributed by atoms with E-state index in [0.29, 0.717) is 11.4 Å². The van der Waals surface area contributed by atoms with Crippen LogP contribution >= 0.6 is 0 Å². The van der Waals surface area contributed by atoms with Gasteiger partial charge in [0, 0.05) is 16.7 Å². The lowest BCUT2D eigenvalue weighted by Gasteiger charge is -2.18. The molecule has 0 aliphatic heterocycles. The van der Waals surface area contributed by atoms with Gasteiger partial charge in [0.25, 0.3) is 0 Å². The molecule has 1 aromatic heterocycles. The van der Waals surface area contributed by atoms with Crippen molar-refractivity contribution >= 4 is 75.4 Å². The highest BCUT2D eigenvalue weighted by Gasteiger charge is 2.19. The van der Waals surface area contributed by atoms with E-state index in [1.54, 1.807) is 0 Å². The molecule has 13 rings (SSSR count). The first kappa shape index (κ1) is 36.0. The molecule has 3 heteroatoms. The standard InChI is InChI=1S/C61H35N3/c62-36-37-19-21-38(22-20-37)39-23-25-40(26-24-39)55-35-56(64-61(63-55)44-9-2-1-3-10-44)50-32-31-47(48-14-4-5-15-49(48)50)46-33-45-30-29-43-12-7-17-52-51-16-6-11-41-27-28-42-13-8-18-53(59(42)57(41)51)54(34-46)60(45)58(43)52/h1-35H. The molecule has 0 spiro atoms. The van der Waals surface area contributed by atoms with Crippen LogP contribution < -0.4 is 0 Å². The second kappa shape index (κ2) is 14.2. The van der Waals surface area contributed by atoms with Crippen molar-refractivity contribution in [3.8, 4) is 62.2 Å². The minimum Gasteiger partial charge on any atom is -0.228 e. The number of rotatable bonds is 5. The first-order chi connectivity index (χ1) is 31.7. The van der Waals surface area contributed by atoms with Crippen molar-refractivity contribution in [3.05, 3.63) is 218 Å². The van der Waals surface area contributed by atoms with E-state index in [0.717, 1.165) is 50.0 Å². The number of hydrogen-bond acceptors (Lipinski definition) is 3. The third-order valence-corrected chi connectivity index (χ3v) is 13.2. The van der Waals surface area contributed by atoms with Crippen LogP contribution in [0.25, 0.3) is 132 Å². The van der Waals surface area contributed by atoms with Crippen LogP contribution in [-0.4, -0.2) is 9.97 Å². The van der Waals surface area contributed by atoms with E-state index >= 15 is 0 Å². The van der Waals surface area contributed by atoms with Crippen LogP contribution in [0.2, 0.25) is 0 Å². The van der Waals surface area contributed by atoms with Crippen molar-refractivity contribution in [3.63, 3.8) is 0 Å². The van der Waals surface area contributed by atoms with Gasteiger partial charge < -0.3 is 0 Å². The van der Waals surface area contributed by atoms with Crippen LogP contribution in [0, 0.1) is 11.3 Å². The summed E-state index contributed by atoms with van der Waals surface area (Å²) in [6.07, 6.45) is 0. The third-order valence-electron chi connectivity index (χ3n) is 13.2. The smallest absolute Gasteiger partial charge is 0.160 e. The van der Waals surface area contributed by atoms with Gasteiger partial charge in [0.1, 0.15) is 0 Å². The molecule has 12 aromatic carbocycles. The predicted octanol–water partition coefficient (Wildman–Crippen LogP) is 16.2. The molecular weight excluding hydrogens is 775 g/mol. The van der Waals surface area contributed by atoms with Gasteiger partial charge in [-0.3, -0.25) is 0 Å². The van der Waals surface area contributed by atoms with Gasteiger partial charge in [-0.05, 0) is 128 Å². The summed E-state index contributed by atoms with van der Waals surface area (Å²) in [7, 11) is 0. The zero-order chi connectivity index (χ0) is 42.3. The Morgan fingerprint density at radius 3 is 1.41 bits per heavy atom. The fourth-order valence-electron chi connectivity index (χ4n) is 10.2. The largest absolute Gasteiger partial charge is 0.228 e. The quantitative estimate of drug-likeness (QED) is 0.163. The molecule has 0 saturated carbocycles. The Bertz CT molecular complexity index is 4050. The van der Waals surface area contributed by atoms with Gasteiger partial charge in [-0.15, -0.1) is 0 Å². The summed E-state index contributed by atoms with van der Waals surface area (Å²) < 4.78 is 0. The van der Waals surface area contributed by atoms with Crippen LogP contribution in [0.3, 0.4) is 0 Å². The van der Waals surface area contributed by atoms with Gasteiger partial charge in [0.05, 0.1) is 23.0 Å². The van der Waals surface area contributed by atoms with Crippen molar-refractivity contribution in [2.24, 2.45) is 0 Å². The molecule has 0 saturated heterocycles. The topological polar surface area (TPSA) is 49.6 Å². The van der Waals surface area contributed by atoms with Crippen LogP contribution in [0.15, 0.2) is 212 Å². The maximum absolute atomic E-state index is 9.30. The molecule has 0 radical (unpaired) electrons. The molecule has 0 amide bonds. The number of benzene rings is 11. The van der Waals surface area contributed by atoms with E-state index in [2.05, 4.69) is 176 Å². The fraction of sp³-hybridized carbons (Fsp3) is 0. The molecule has 0 fully saturated rings. The van der Waals surface area contributed by atoms with Crippen LogP contribution in [0.4, 0.5) is 0 Å². The average Bonchev–Trinajstić information content (AvgIpc) is 3.37. The van der Waals surface area contributed by atoms with Crippen LogP contribution in [0.1, 0.15) is 5.56 Å². The Morgan fingerprint density at radius 2 is 0.781 bits per heavy atom. The maximum atomic E-state index is 9.30. The molecule has 13 aromatic rings. The van der Waals surface area contributed by atoms with Gasteiger partial charge in [0.15, 0.2) is 5.82 Å². The van der Waals surface area contributed by atoms with Crippen LogP contribution in [0.5, 0.6) is 0 Å². The van der Waals surface area contributed by atoms with Crippen molar-refractivity contribution < 1.29 is 0 Å². The fourth-order valence-corrected chi connectivity index (χ4v) is 10.2. The first-order valence-electron chi connectivity index (χ1n) is 21.7. The number of nitriles is 1. The number of nitrogens with zero attached hydrogens (tertiary/aromatic N) is 3. The van der Waals surface area contributed by atoms with E-state index in [1.807, 2.05) is 42.5 Å². The van der Waals surface area contributed by atoms with Gasteiger partial charge in [-0.1, -0.05) is 182 Å². The Balaban J connectivity index is 1.03. The van der Waals surface area contributed by atoms with Gasteiger partial charge >= 0.3 is 0 Å². The molecule has 0 N–H and O–H groups in total. The molecular formula is C61H35N3. The summed E-state index contributed by atoms with van der Waals surface area (Å²) in [6.45, 7) is 0. The van der Waals surface area contributed by atoms with Crippen molar-refractivity contribution in [1.29, 1.82) is 5.26 Å². The number of aromatic nitrogens is 2. The molecule has 0 bridgehead atoms. The monoisotopic (exact) mass is 809 g/mol. The molecule has 0 atom stereocenters.